The van der Waals surface area contributed by atoms with Gasteiger partial charge in [0.25, 0.3) is 0 Å². The molecule has 2 aromatic heterocycles. The first-order valence-electron chi connectivity index (χ1n) is 8.53. The number of methoxy groups -OCH3 is 1. The van der Waals surface area contributed by atoms with Crippen molar-refractivity contribution in [2.45, 2.75) is 6.54 Å². The van der Waals surface area contributed by atoms with E-state index < -0.39 is 0 Å². The molecule has 0 amide bonds. The molecule has 0 aliphatic rings. The predicted molar refractivity (Wildman–Crippen MR) is 107 cm³/mol. The molecule has 0 fully saturated rings. The van der Waals surface area contributed by atoms with E-state index >= 15 is 0 Å². The van der Waals surface area contributed by atoms with Gasteiger partial charge in [0.2, 0.25) is 4.80 Å². The van der Waals surface area contributed by atoms with Crippen LogP contribution in [0.15, 0.2) is 84.1 Å². The Labute approximate surface area is 161 Å². The second-order valence-electron chi connectivity index (χ2n) is 5.85. The minimum Gasteiger partial charge on any atom is -0.497 e. The molecule has 2 aromatic carbocycles. The standard InChI is InChI=1S/C21H18N4OS/c1-26-19-11-9-17(10-12-19)20-24-21(23-15-16-6-5-13-22-14-16)27-25(20)18-7-3-2-4-8-18/h2-14H,15H2,1H3/b23-21-. The van der Waals surface area contributed by atoms with Crippen molar-refractivity contribution in [3.63, 3.8) is 0 Å². The lowest BCUT2D eigenvalue weighted by Gasteiger charge is -2.06. The maximum absolute atomic E-state index is 5.26. The predicted octanol–water partition coefficient (Wildman–Crippen LogP) is 4.11. The average molecular weight is 374 g/mol. The molecule has 6 heteroatoms. The normalized spacial score (nSPS) is 11.5. The number of nitrogens with zero attached hydrogens (tertiary/aromatic N) is 4. The number of para-hydroxylation sites is 1. The van der Waals surface area contributed by atoms with E-state index in [2.05, 4.69) is 26.1 Å². The van der Waals surface area contributed by atoms with E-state index in [1.807, 2.05) is 60.8 Å². The summed E-state index contributed by atoms with van der Waals surface area (Å²) in [7, 11) is 1.66. The van der Waals surface area contributed by atoms with Gasteiger partial charge < -0.3 is 4.74 Å². The van der Waals surface area contributed by atoms with Gasteiger partial charge in [0, 0.05) is 18.0 Å². The van der Waals surface area contributed by atoms with Gasteiger partial charge in [-0.05, 0) is 59.6 Å². The van der Waals surface area contributed by atoms with Crippen LogP contribution in [0.4, 0.5) is 0 Å². The molecule has 27 heavy (non-hydrogen) atoms. The third-order valence-electron chi connectivity index (χ3n) is 4.03. The number of ether oxygens (including phenoxy) is 1. The summed E-state index contributed by atoms with van der Waals surface area (Å²) in [4.78, 5) is 14.3. The van der Waals surface area contributed by atoms with Crippen LogP contribution in [0, 0.1) is 0 Å². The molecule has 0 atom stereocenters. The van der Waals surface area contributed by atoms with Crippen molar-refractivity contribution in [2.75, 3.05) is 7.11 Å². The third kappa shape index (κ3) is 3.96. The minimum atomic E-state index is 0.554. The van der Waals surface area contributed by atoms with Gasteiger partial charge in [0.15, 0.2) is 5.82 Å². The van der Waals surface area contributed by atoms with E-state index in [-0.39, 0.29) is 0 Å². The molecule has 0 saturated carbocycles. The Balaban J connectivity index is 1.77. The van der Waals surface area contributed by atoms with Crippen LogP contribution >= 0.6 is 11.5 Å². The van der Waals surface area contributed by atoms with E-state index in [9.17, 15) is 0 Å². The molecule has 0 N–H and O–H groups in total. The molecular weight excluding hydrogens is 356 g/mol. The van der Waals surface area contributed by atoms with E-state index in [0.717, 1.165) is 33.2 Å². The smallest absolute Gasteiger partial charge is 0.223 e. The molecule has 0 aliphatic heterocycles. The summed E-state index contributed by atoms with van der Waals surface area (Å²) in [6.45, 7) is 0.554. The van der Waals surface area contributed by atoms with Crippen molar-refractivity contribution in [1.29, 1.82) is 0 Å². The molecule has 0 radical (unpaired) electrons. The van der Waals surface area contributed by atoms with Crippen molar-refractivity contribution in [3.05, 3.63) is 89.5 Å². The highest BCUT2D eigenvalue weighted by Gasteiger charge is 2.11. The number of hydrogen-bond donors (Lipinski definition) is 0. The summed E-state index contributed by atoms with van der Waals surface area (Å²) >= 11 is 1.52. The molecule has 0 unspecified atom stereocenters. The fraction of sp³-hybridized carbons (Fsp3) is 0.0952. The number of aromatic nitrogens is 3. The van der Waals surface area contributed by atoms with Crippen molar-refractivity contribution < 1.29 is 4.74 Å². The van der Waals surface area contributed by atoms with Crippen LogP contribution in [0.1, 0.15) is 5.56 Å². The zero-order valence-electron chi connectivity index (χ0n) is 14.8. The topological polar surface area (TPSA) is 52.3 Å². The summed E-state index contributed by atoms with van der Waals surface area (Å²) in [6.07, 6.45) is 3.59. The highest BCUT2D eigenvalue weighted by molar-refractivity contribution is 7.04. The Morgan fingerprint density at radius 3 is 2.52 bits per heavy atom. The van der Waals surface area contributed by atoms with Gasteiger partial charge >= 0.3 is 0 Å². The van der Waals surface area contributed by atoms with Crippen LogP contribution in [0.5, 0.6) is 5.75 Å². The summed E-state index contributed by atoms with van der Waals surface area (Å²) in [5.41, 5.74) is 3.13. The Hall–Kier alpha value is -3.25. The largest absolute Gasteiger partial charge is 0.497 e. The Kier molecular flexibility index (Phi) is 5.07. The number of rotatable bonds is 5. The SMILES string of the molecule is COc1ccc(-c2n/c(=N/Cc3cccnc3)sn2-c2ccccc2)cc1. The van der Waals surface area contributed by atoms with Crippen LogP contribution < -0.4 is 9.54 Å². The van der Waals surface area contributed by atoms with Crippen LogP contribution in [0.3, 0.4) is 0 Å². The number of hydrogen-bond acceptors (Lipinski definition) is 5. The summed E-state index contributed by atoms with van der Waals surface area (Å²) in [5.74, 6) is 1.68. The summed E-state index contributed by atoms with van der Waals surface area (Å²) < 4.78 is 7.36. The fourth-order valence-corrected chi connectivity index (χ4v) is 3.53. The van der Waals surface area contributed by atoms with Crippen molar-refractivity contribution >= 4 is 11.5 Å². The van der Waals surface area contributed by atoms with E-state index in [1.54, 1.807) is 13.3 Å². The highest BCUT2D eigenvalue weighted by Crippen LogP contribution is 2.24. The Morgan fingerprint density at radius 2 is 1.81 bits per heavy atom. The zero-order chi connectivity index (χ0) is 18.5. The lowest BCUT2D eigenvalue weighted by Crippen LogP contribution is -1.99. The van der Waals surface area contributed by atoms with Gasteiger partial charge in [-0.25, -0.2) is 3.96 Å². The number of benzene rings is 2. The maximum Gasteiger partial charge on any atom is 0.223 e. The Morgan fingerprint density at radius 1 is 1.00 bits per heavy atom. The van der Waals surface area contributed by atoms with E-state index in [4.69, 9.17) is 9.72 Å². The average Bonchev–Trinajstić information content (AvgIpc) is 3.18. The first-order chi connectivity index (χ1) is 13.3. The fourth-order valence-electron chi connectivity index (χ4n) is 2.66. The van der Waals surface area contributed by atoms with Crippen LogP contribution in [0.2, 0.25) is 0 Å². The van der Waals surface area contributed by atoms with Gasteiger partial charge in [0.05, 0.1) is 19.3 Å². The molecule has 5 nitrogen and oxygen atoms in total. The van der Waals surface area contributed by atoms with Crippen molar-refractivity contribution in [3.8, 4) is 22.8 Å². The number of pyridine rings is 1. The second kappa shape index (κ2) is 7.97. The first kappa shape index (κ1) is 17.2. The van der Waals surface area contributed by atoms with Gasteiger partial charge in [-0.2, -0.15) is 4.98 Å². The minimum absolute atomic E-state index is 0.554. The molecule has 4 aromatic rings. The lowest BCUT2D eigenvalue weighted by molar-refractivity contribution is 0.415. The Bertz CT molecular complexity index is 1070. The molecule has 0 aliphatic carbocycles. The van der Waals surface area contributed by atoms with Gasteiger partial charge in [-0.3, -0.25) is 9.98 Å². The van der Waals surface area contributed by atoms with Crippen LogP contribution in [0.25, 0.3) is 17.1 Å². The molecular formula is C21H18N4OS. The monoisotopic (exact) mass is 374 g/mol. The van der Waals surface area contributed by atoms with E-state index in [0.29, 0.717) is 6.54 Å². The third-order valence-corrected chi connectivity index (χ3v) is 4.98. The van der Waals surface area contributed by atoms with Crippen molar-refractivity contribution in [1.82, 2.24) is 13.9 Å². The molecule has 4 rings (SSSR count). The lowest BCUT2D eigenvalue weighted by atomic mass is 10.2. The summed E-state index contributed by atoms with van der Waals surface area (Å²) in [6, 6.07) is 22.0. The quantitative estimate of drug-likeness (QED) is 0.528. The second-order valence-corrected chi connectivity index (χ2v) is 6.76. The maximum atomic E-state index is 5.26. The van der Waals surface area contributed by atoms with Crippen molar-refractivity contribution in [2.24, 2.45) is 4.99 Å². The molecule has 0 saturated heterocycles. The van der Waals surface area contributed by atoms with Gasteiger partial charge in [-0.1, -0.05) is 24.3 Å². The molecule has 134 valence electrons. The first-order valence-corrected chi connectivity index (χ1v) is 9.30. The van der Waals surface area contributed by atoms with E-state index in [1.165, 1.54) is 11.5 Å². The van der Waals surface area contributed by atoms with Gasteiger partial charge in [-0.15, -0.1) is 0 Å². The van der Waals surface area contributed by atoms with Gasteiger partial charge in [0.1, 0.15) is 5.75 Å². The molecule has 2 heterocycles. The zero-order valence-corrected chi connectivity index (χ0v) is 15.6. The molecule has 0 spiro atoms. The van der Waals surface area contributed by atoms with Crippen LogP contribution in [-0.2, 0) is 6.54 Å². The summed E-state index contributed by atoms with van der Waals surface area (Å²) in [5, 5.41) is 0. The van der Waals surface area contributed by atoms with Crippen LogP contribution in [-0.4, -0.2) is 21.0 Å². The highest BCUT2D eigenvalue weighted by atomic mass is 32.1. The molecule has 0 bridgehead atoms.